The van der Waals surface area contributed by atoms with Gasteiger partial charge in [0.25, 0.3) is 0 Å². The first-order valence-electron chi connectivity index (χ1n) is 7.71. The first kappa shape index (κ1) is 15.5. The van der Waals surface area contributed by atoms with Gasteiger partial charge in [-0.1, -0.05) is 13.0 Å². The Labute approximate surface area is 135 Å². The molecule has 4 N–H and O–H groups in total. The van der Waals surface area contributed by atoms with E-state index in [2.05, 4.69) is 39.8 Å². The van der Waals surface area contributed by atoms with E-state index in [-0.39, 0.29) is 5.95 Å². The monoisotopic (exact) mass is 314 g/mol. The molecule has 0 saturated heterocycles. The van der Waals surface area contributed by atoms with Crippen molar-refractivity contribution in [3.8, 4) is 5.88 Å². The molecule has 0 spiro atoms. The van der Waals surface area contributed by atoms with Crippen molar-refractivity contribution in [1.29, 1.82) is 0 Å². The lowest BCUT2D eigenvalue weighted by Gasteiger charge is -2.31. The lowest BCUT2D eigenvalue weighted by molar-refractivity contribution is 0.0591. The minimum atomic E-state index is -0.392. The molecule has 2 aromatic rings. The van der Waals surface area contributed by atoms with Gasteiger partial charge in [0.2, 0.25) is 11.8 Å². The molecule has 7 nitrogen and oxygen atoms in total. The van der Waals surface area contributed by atoms with Crippen molar-refractivity contribution >= 4 is 11.8 Å². The molecule has 3 heterocycles. The van der Waals surface area contributed by atoms with Crippen LogP contribution in [0, 0.1) is 0 Å². The highest BCUT2D eigenvalue weighted by atomic mass is 16.5. The van der Waals surface area contributed by atoms with Crippen LogP contribution >= 0.6 is 0 Å². The van der Waals surface area contributed by atoms with Gasteiger partial charge in [-0.2, -0.15) is 9.97 Å². The molecule has 2 aromatic heterocycles. The summed E-state index contributed by atoms with van der Waals surface area (Å²) in [6, 6.07) is 4.03. The first-order chi connectivity index (χ1) is 11.0. The van der Waals surface area contributed by atoms with Gasteiger partial charge in [-0.05, 0) is 25.1 Å². The Morgan fingerprint density at radius 1 is 1.35 bits per heavy atom. The van der Waals surface area contributed by atoms with E-state index in [1.807, 2.05) is 12.3 Å². The van der Waals surface area contributed by atoms with Crippen LogP contribution in [0.1, 0.15) is 25.0 Å². The highest BCUT2D eigenvalue weighted by molar-refractivity contribution is 5.52. The van der Waals surface area contributed by atoms with Gasteiger partial charge in [0, 0.05) is 31.9 Å². The fraction of sp³-hybridized carbons (Fsp3) is 0.438. The summed E-state index contributed by atoms with van der Waals surface area (Å²) in [4.78, 5) is 14.7. The summed E-state index contributed by atoms with van der Waals surface area (Å²) in [5, 5.41) is 0. The van der Waals surface area contributed by atoms with Gasteiger partial charge in [0.1, 0.15) is 11.4 Å². The Morgan fingerprint density at radius 3 is 2.87 bits per heavy atom. The number of nitrogens with zero attached hydrogens (tertiary/aromatic N) is 4. The van der Waals surface area contributed by atoms with Crippen molar-refractivity contribution in [2.45, 2.75) is 32.4 Å². The van der Waals surface area contributed by atoms with Crippen LogP contribution in [-0.2, 0) is 13.0 Å². The topological polar surface area (TPSA) is 103 Å². The van der Waals surface area contributed by atoms with Crippen molar-refractivity contribution in [3.05, 3.63) is 35.7 Å². The molecule has 23 heavy (non-hydrogen) atoms. The molecule has 0 aliphatic carbocycles. The molecular formula is C16H22N6O. The highest BCUT2D eigenvalue weighted by Crippen LogP contribution is 2.37. The summed E-state index contributed by atoms with van der Waals surface area (Å²) in [6.45, 7) is 6.69. The zero-order chi connectivity index (χ0) is 16.4. The maximum Gasteiger partial charge on any atom is 0.225 e. The molecule has 0 saturated carbocycles. The third-order valence-corrected chi connectivity index (χ3v) is 4.05. The molecule has 0 aromatic carbocycles. The summed E-state index contributed by atoms with van der Waals surface area (Å²) in [5.41, 5.74) is 13.2. The molecule has 0 unspecified atom stereocenters. The van der Waals surface area contributed by atoms with E-state index >= 15 is 0 Å². The Hall–Kier alpha value is -2.41. The van der Waals surface area contributed by atoms with E-state index in [1.54, 1.807) is 6.20 Å². The minimum Gasteiger partial charge on any atom is -0.469 e. The van der Waals surface area contributed by atoms with Crippen LogP contribution in [0.15, 0.2) is 24.5 Å². The molecule has 1 atom stereocenters. The number of ether oxygens (including phenoxy) is 1. The molecule has 3 rings (SSSR count). The maximum absolute atomic E-state index is 6.06. The van der Waals surface area contributed by atoms with Crippen LogP contribution in [0.5, 0.6) is 5.88 Å². The van der Waals surface area contributed by atoms with Crippen molar-refractivity contribution in [1.82, 2.24) is 19.9 Å². The predicted octanol–water partition coefficient (Wildman–Crippen LogP) is 1.25. The Kier molecular flexibility index (Phi) is 4.04. The average Bonchev–Trinajstić information content (AvgIpc) is 2.84. The smallest absolute Gasteiger partial charge is 0.225 e. The second kappa shape index (κ2) is 6.00. The van der Waals surface area contributed by atoms with E-state index in [9.17, 15) is 0 Å². The first-order valence-corrected chi connectivity index (χ1v) is 7.71. The van der Waals surface area contributed by atoms with Crippen LogP contribution in [0.3, 0.4) is 0 Å². The van der Waals surface area contributed by atoms with Crippen molar-refractivity contribution in [3.63, 3.8) is 0 Å². The SMILES string of the molecule is CCN(Cc1cccnc1)C[C@@]1(C)Cc2c(N)nc(N)nc2O1. The molecule has 1 aliphatic rings. The number of aromatic nitrogens is 3. The summed E-state index contributed by atoms with van der Waals surface area (Å²) >= 11 is 0. The van der Waals surface area contributed by atoms with Gasteiger partial charge in [-0.15, -0.1) is 0 Å². The van der Waals surface area contributed by atoms with Gasteiger partial charge < -0.3 is 16.2 Å². The van der Waals surface area contributed by atoms with Gasteiger partial charge in [-0.3, -0.25) is 9.88 Å². The van der Waals surface area contributed by atoms with Gasteiger partial charge in [0.05, 0.1) is 5.56 Å². The van der Waals surface area contributed by atoms with E-state index in [4.69, 9.17) is 16.2 Å². The largest absolute Gasteiger partial charge is 0.469 e. The third kappa shape index (κ3) is 3.34. The van der Waals surface area contributed by atoms with Crippen molar-refractivity contribution in [2.24, 2.45) is 0 Å². The maximum atomic E-state index is 6.06. The van der Waals surface area contributed by atoms with Crippen LogP contribution < -0.4 is 16.2 Å². The summed E-state index contributed by atoms with van der Waals surface area (Å²) < 4.78 is 6.06. The summed E-state index contributed by atoms with van der Waals surface area (Å²) in [7, 11) is 0. The molecule has 0 bridgehead atoms. The number of pyridine rings is 1. The number of hydrogen-bond acceptors (Lipinski definition) is 7. The van der Waals surface area contributed by atoms with Gasteiger partial charge in [-0.25, -0.2) is 0 Å². The highest BCUT2D eigenvalue weighted by Gasteiger charge is 2.39. The van der Waals surface area contributed by atoms with Crippen LogP contribution in [-0.4, -0.2) is 38.5 Å². The molecule has 7 heteroatoms. The zero-order valence-corrected chi connectivity index (χ0v) is 13.5. The van der Waals surface area contributed by atoms with Gasteiger partial charge in [0.15, 0.2) is 0 Å². The van der Waals surface area contributed by atoms with Crippen molar-refractivity contribution < 1.29 is 4.74 Å². The average molecular weight is 314 g/mol. The Bertz CT molecular complexity index is 692. The standard InChI is InChI=1S/C16H22N6O/c1-3-22(9-11-5-4-6-19-8-11)10-16(2)7-12-13(17)20-15(18)21-14(12)23-16/h4-6,8H,3,7,9-10H2,1-2H3,(H4,17,18,20,21)/t16-/m1/s1. The molecule has 0 amide bonds. The van der Waals surface area contributed by atoms with E-state index in [0.29, 0.717) is 18.1 Å². The Morgan fingerprint density at radius 2 is 2.17 bits per heavy atom. The second-order valence-corrected chi connectivity index (χ2v) is 6.14. The van der Waals surface area contributed by atoms with E-state index < -0.39 is 5.60 Å². The summed E-state index contributed by atoms with van der Waals surface area (Å²) in [6.07, 6.45) is 4.35. The fourth-order valence-corrected chi connectivity index (χ4v) is 2.98. The number of fused-ring (bicyclic) bond motifs is 1. The van der Waals surface area contributed by atoms with Crippen LogP contribution in [0.4, 0.5) is 11.8 Å². The number of nitrogen functional groups attached to an aromatic ring is 2. The molecule has 1 aliphatic heterocycles. The number of rotatable bonds is 5. The molecular weight excluding hydrogens is 292 g/mol. The second-order valence-electron chi connectivity index (χ2n) is 6.14. The number of hydrogen-bond donors (Lipinski definition) is 2. The van der Waals surface area contributed by atoms with Crippen molar-refractivity contribution in [2.75, 3.05) is 24.6 Å². The van der Waals surface area contributed by atoms with Gasteiger partial charge >= 0.3 is 0 Å². The van der Waals surface area contributed by atoms with Crippen LogP contribution in [0.2, 0.25) is 0 Å². The number of anilines is 2. The molecule has 0 fully saturated rings. The quantitative estimate of drug-likeness (QED) is 0.856. The fourth-order valence-electron chi connectivity index (χ4n) is 2.98. The minimum absolute atomic E-state index is 0.146. The molecule has 122 valence electrons. The van der Waals surface area contributed by atoms with E-state index in [1.165, 1.54) is 5.56 Å². The molecule has 0 radical (unpaired) electrons. The van der Waals surface area contributed by atoms with Crippen LogP contribution in [0.25, 0.3) is 0 Å². The third-order valence-electron chi connectivity index (χ3n) is 4.05. The normalized spacial score (nSPS) is 19.6. The van der Waals surface area contributed by atoms with E-state index in [0.717, 1.165) is 25.2 Å². The number of nitrogens with two attached hydrogens (primary N) is 2. The lowest BCUT2D eigenvalue weighted by Crippen LogP contribution is -2.44. The summed E-state index contributed by atoms with van der Waals surface area (Å²) in [5.74, 6) is 1.06. The number of likely N-dealkylation sites (N-methyl/N-ethyl adjacent to an activating group) is 1. The zero-order valence-electron chi connectivity index (χ0n) is 13.5. The Balaban J connectivity index is 1.73. The lowest BCUT2D eigenvalue weighted by atomic mass is 9.99. The predicted molar refractivity (Wildman–Crippen MR) is 88.8 cm³/mol.